The fourth-order valence-electron chi connectivity index (χ4n) is 2.24. The molecule has 2 aliphatic rings. The first-order chi connectivity index (χ1) is 9.14. The number of rotatable bonds is 2. The molecule has 1 aliphatic heterocycles. The van der Waals surface area contributed by atoms with Gasteiger partial charge in [-0.1, -0.05) is 29.8 Å². The standard InChI is InChI=1S/C13H11ClO4S/c14-11-10(15)8-13(17-6-7-18-13)12(11)19(16)9-4-2-1-3-5-9/h1-5H,6-8H2. The first-order valence-electron chi connectivity index (χ1n) is 5.82. The van der Waals surface area contributed by atoms with Gasteiger partial charge in [0.2, 0.25) is 5.79 Å². The average molecular weight is 299 g/mol. The van der Waals surface area contributed by atoms with Gasteiger partial charge in [-0.3, -0.25) is 4.79 Å². The van der Waals surface area contributed by atoms with E-state index >= 15 is 0 Å². The molecule has 0 aromatic heterocycles. The van der Waals surface area contributed by atoms with Crippen molar-refractivity contribution in [3.63, 3.8) is 0 Å². The molecule has 19 heavy (non-hydrogen) atoms. The van der Waals surface area contributed by atoms with E-state index in [-0.39, 0.29) is 22.1 Å². The molecule has 0 N–H and O–H groups in total. The largest absolute Gasteiger partial charge is 0.343 e. The first-order valence-corrected chi connectivity index (χ1v) is 7.35. The maximum atomic E-state index is 12.6. The van der Waals surface area contributed by atoms with E-state index in [0.717, 1.165) is 0 Å². The summed E-state index contributed by atoms with van der Waals surface area (Å²) < 4.78 is 23.7. The van der Waals surface area contributed by atoms with Crippen LogP contribution in [0.3, 0.4) is 0 Å². The van der Waals surface area contributed by atoms with Gasteiger partial charge < -0.3 is 9.47 Å². The van der Waals surface area contributed by atoms with E-state index in [1.165, 1.54) is 0 Å². The topological polar surface area (TPSA) is 52.6 Å². The van der Waals surface area contributed by atoms with E-state index in [2.05, 4.69) is 0 Å². The van der Waals surface area contributed by atoms with Crippen LogP contribution in [0.25, 0.3) is 0 Å². The fourth-order valence-corrected chi connectivity index (χ4v) is 4.05. The Bertz CT molecular complexity index is 576. The van der Waals surface area contributed by atoms with Crippen LogP contribution >= 0.6 is 11.6 Å². The van der Waals surface area contributed by atoms with Crippen LogP contribution in [0.4, 0.5) is 0 Å². The number of carbonyl (C=O) groups excluding carboxylic acids is 1. The van der Waals surface area contributed by atoms with Gasteiger partial charge in [-0.05, 0) is 12.1 Å². The van der Waals surface area contributed by atoms with Gasteiger partial charge >= 0.3 is 0 Å². The Morgan fingerprint density at radius 1 is 1.16 bits per heavy atom. The molecule has 1 heterocycles. The molecule has 1 aromatic carbocycles. The van der Waals surface area contributed by atoms with Gasteiger partial charge in [0.05, 0.1) is 30.4 Å². The Balaban J connectivity index is 2.06. The highest BCUT2D eigenvalue weighted by atomic mass is 35.5. The zero-order valence-corrected chi connectivity index (χ0v) is 11.5. The number of carbonyl (C=O) groups is 1. The molecule has 4 nitrogen and oxygen atoms in total. The van der Waals surface area contributed by atoms with E-state index in [9.17, 15) is 9.00 Å². The van der Waals surface area contributed by atoms with Gasteiger partial charge in [-0.25, -0.2) is 4.21 Å². The van der Waals surface area contributed by atoms with Crippen molar-refractivity contribution >= 4 is 28.2 Å². The molecule has 1 aliphatic carbocycles. The molecule has 100 valence electrons. The molecule has 3 rings (SSSR count). The van der Waals surface area contributed by atoms with Crippen molar-refractivity contribution in [1.29, 1.82) is 0 Å². The smallest absolute Gasteiger partial charge is 0.212 e. The Morgan fingerprint density at radius 3 is 2.42 bits per heavy atom. The Kier molecular flexibility index (Phi) is 3.30. The lowest BCUT2D eigenvalue weighted by Gasteiger charge is -2.23. The van der Waals surface area contributed by atoms with Crippen molar-refractivity contribution < 1.29 is 18.5 Å². The van der Waals surface area contributed by atoms with Gasteiger partial charge in [0.15, 0.2) is 5.78 Å². The molecule has 0 saturated carbocycles. The maximum absolute atomic E-state index is 12.6. The molecule has 1 fully saturated rings. The minimum absolute atomic E-state index is 0.000258. The van der Waals surface area contributed by atoms with Crippen LogP contribution < -0.4 is 0 Å². The quantitative estimate of drug-likeness (QED) is 0.837. The highest BCUT2D eigenvalue weighted by molar-refractivity contribution is 7.89. The van der Waals surface area contributed by atoms with Crippen LogP contribution in [0.1, 0.15) is 6.42 Å². The van der Waals surface area contributed by atoms with E-state index in [1.807, 2.05) is 6.07 Å². The van der Waals surface area contributed by atoms with Crippen molar-refractivity contribution in [2.24, 2.45) is 0 Å². The van der Waals surface area contributed by atoms with Gasteiger partial charge in [0, 0.05) is 4.90 Å². The number of ketones is 1. The Morgan fingerprint density at radius 2 is 1.79 bits per heavy atom. The second-order valence-electron chi connectivity index (χ2n) is 4.27. The summed E-state index contributed by atoms with van der Waals surface area (Å²) in [5.74, 6) is -1.52. The van der Waals surface area contributed by atoms with E-state index in [0.29, 0.717) is 18.1 Å². The van der Waals surface area contributed by atoms with Crippen molar-refractivity contribution in [3.05, 3.63) is 40.3 Å². The zero-order chi connectivity index (χ0) is 13.5. The molecular weight excluding hydrogens is 288 g/mol. The summed E-state index contributed by atoms with van der Waals surface area (Å²) in [4.78, 5) is 12.6. The normalized spacial score (nSPS) is 23.3. The molecule has 1 unspecified atom stereocenters. The predicted molar refractivity (Wildman–Crippen MR) is 70.0 cm³/mol. The summed E-state index contributed by atoms with van der Waals surface area (Å²) >= 11 is 6.02. The Labute approximate surface area is 117 Å². The average Bonchev–Trinajstić information content (AvgIpc) is 2.97. The Hall–Kier alpha value is -1.01. The number of hydrogen-bond donors (Lipinski definition) is 0. The van der Waals surface area contributed by atoms with Crippen molar-refractivity contribution in [2.45, 2.75) is 17.1 Å². The predicted octanol–water partition coefficient (Wildman–Crippen LogP) is 1.96. The highest BCUT2D eigenvalue weighted by Crippen LogP contribution is 2.44. The number of halogens is 1. The molecule has 0 radical (unpaired) electrons. The van der Waals surface area contributed by atoms with Crippen LogP contribution in [0.2, 0.25) is 0 Å². The van der Waals surface area contributed by atoms with Crippen molar-refractivity contribution in [3.8, 4) is 0 Å². The van der Waals surface area contributed by atoms with Crippen LogP contribution in [-0.4, -0.2) is 29.0 Å². The lowest BCUT2D eigenvalue weighted by Crippen LogP contribution is -2.32. The van der Waals surface area contributed by atoms with Crippen LogP contribution in [0, 0.1) is 0 Å². The minimum atomic E-state index is -1.56. The monoisotopic (exact) mass is 298 g/mol. The summed E-state index contributed by atoms with van der Waals surface area (Å²) in [7, 11) is -1.56. The van der Waals surface area contributed by atoms with E-state index in [1.54, 1.807) is 24.3 Å². The fraction of sp³-hybridized carbons (Fsp3) is 0.308. The SMILES string of the molecule is O=C1CC2(OCCO2)C(S(=O)c2ccccc2)=C1Cl. The van der Waals surface area contributed by atoms with Crippen molar-refractivity contribution in [2.75, 3.05) is 13.2 Å². The van der Waals surface area contributed by atoms with Gasteiger partial charge in [-0.15, -0.1) is 0 Å². The second kappa shape index (κ2) is 4.83. The number of hydrogen-bond acceptors (Lipinski definition) is 4. The third-order valence-corrected chi connectivity index (χ3v) is 5.18. The van der Waals surface area contributed by atoms with Gasteiger partial charge in [0.25, 0.3) is 0 Å². The first kappa shape index (κ1) is 13.0. The second-order valence-corrected chi connectivity index (χ2v) is 6.07. The van der Waals surface area contributed by atoms with E-state index in [4.69, 9.17) is 21.1 Å². The third-order valence-electron chi connectivity index (χ3n) is 3.08. The van der Waals surface area contributed by atoms with Crippen LogP contribution in [0.5, 0.6) is 0 Å². The van der Waals surface area contributed by atoms with Gasteiger partial charge in [0.1, 0.15) is 9.94 Å². The van der Waals surface area contributed by atoms with E-state index < -0.39 is 16.6 Å². The molecule has 0 bridgehead atoms. The summed E-state index contributed by atoms with van der Waals surface area (Å²) in [5, 5.41) is -0.0240. The summed E-state index contributed by atoms with van der Waals surface area (Å²) in [5.41, 5.74) is 0. The number of Topliss-reactive ketones (excluding diaryl/α,β-unsaturated/α-hetero) is 1. The third kappa shape index (κ3) is 2.07. The lowest BCUT2D eigenvalue weighted by molar-refractivity contribution is -0.136. The molecule has 1 spiro atoms. The van der Waals surface area contributed by atoms with Crippen LogP contribution in [0.15, 0.2) is 45.2 Å². The zero-order valence-electron chi connectivity index (χ0n) is 9.93. The number of ether oxygens (including phenoxy) is 2. The number of benzene rings is 1. The molecular formula is C13H11ClO4S. The molecule has 0 amide bonds. The molecule has 1 saturated heterocycles. The number of allylic oxidation sites excluding steroid dienone is 1. The maximum Gasteiger partial charge on any atom is 0.212 e. The summed E-state index contributed by atoms with van der Waals surface area (Å²) in [6.45, 7) is 0.736. The summed E-state index contributed by atoms with van der Waals surface area (Å²) in [6.07, 6.45) is -0.000258. The van der Waals surface area contributed by atoms with Gasteiger partial charge in [-0.2, -0.15) is 0 Å². The molecule has 1 aromatic rings. The summed E-state index contributed by atoms with van der Waals surface area (Å²) in [6, 6.07) is 8.83. The minimum Gasteiger partial charge on any atom is -0.343 e. The lowest BCUT2D eigenvalue weighted by atomic mass is 10.2. The van der Waals surface area contributed by atoms with Crippen LogP contribution in [-0.2, 0) is 25.1 Å². The highest BCUT2D eigenvalue weighted by Gasteiger charge is 2.52. The molecule has 6 heteroatoms. The molecule has 1 atom stereocenters. The van der Waals surface area contributed by atoms with Crippen molar-refractivity contribution in [1.82, 2.24) is 0 Å².